The van der Waals surface area contributed by atoms with Crippen LogP contribution < -0.4 is 10.9 Å². The van der Waals surface area contributed by atoms with Gasteiger partial charge >= 0.3 is 0 Å². The molecule has 0 aliphatic heterocycles. The number of hydrogen-bond acceptors (Lipinski definition) is 6. The van der Waals surface area contributed by atoms with Gasteiger partial charge in [0, 0.05) is 7.05 Å². The summed E-state index contributed by atoms with van der Waals surface area (Å²) in [5.74, 6) is 1.01. The van der Waals surface area contributed by atoms with Gasteiger partial charge in [-0.05, 0) is 12.5 Å². The highest BCUT2D eigenvalue weighted by Gasteiger charge is 2.16. The molecular formula is C16H16ClN5O2. The number of nitrogens with zero attached hydrogens (tertiary/aromatic N) is 4. The number of aryl methyl sites for hydroxylation is 1. The molecule has 0 fully saturated rings. The highest BCUT2D eigenvalue weighted by atomic mass is 35.5. The molecule has 2 heterocycles. The van der Waals surface area contributed by atoms with E-state index in [1.165, 1.54) is 17.9 Å². The number of nitrogens with one attached hydrogen (secondary N) is 1. The smallest absolute Gasteiger partial charge is 0.287 e. The van der Waals surface area contributed by atoms with Crippen molar-refractivity contribution in [3.05, 3.63) is 69.2 Å². The van der Waals surface area contributed by atoms with Crippen LogP contribution in [0.1, 0.15) is 30.2 Å². The van der Waals surface area contributed by atoms with Gasteiger partial charge in [0.2, 0.25) is 5.89 Å². The van der Waals surface area contributed by atoms with E-state index in [9.17, 15) is 4.79 Å². The van der Waals surface area contributed by atoms with E-state index in [0.29, 0.717) is 23.8 Å². The third kappa shape index (κ3) is 3.46. The van der Waals surface area contributed by atoms with E-state index < -0.39 is 0 Å². The minimum absolute atomic E-state index is 0.0763. The zero-order valence-electron chi connectivity index (χ0n) is 13.2. The quantitative estimate of drug-likeness (QED) is 0.765. The molecule has 0 amide bonds. The molecule has 124 valence electrons. The molecule has 1 atom stereocenters. The summed E-state index contributed by atoms with van der Waals surface area (Å²) in [6.07, 6.45) is 2.06. The number of benzene rings is 1. The third-order valence-electron chi connectivity index (χ3n) is 3.52. The predicted octanol–water partition coefficient (Wildman–Crippen LogP) is 2.58. The van der Waals surface area contributed by atoms with Crippen LogP contribution in [0.4, 0.5) is 5.69 Å². The molecule has 0 saturated carbocycles. The van der Waals surface area contributed by atoms with Crippen molar-refractivity contribution in [3.8, 4) is 0 Å². The van der Waals surface area contributed by atoms with Crippen LogP contribution in [-0.2, 0) is 13.5 Å². The normalized spacial score (nSPS) is 12.1. The lowest BCUT2D eigenvalue weighted by molar-refractivity contribution is 0.378. The molecule has 7 nitrogen and oxygen atoms in total. The minimum Gasteiger partial charge on any atom is -0.373 e. The number of halogens is 1. The first-order valence-electron chi connectivity index (χ1n) is 7.39. The Balaban J connectivity index is 1.73. The maximum absolute atomic E-state index is 11.8. The number of aromatic nitrogens is 4. The predicted molar refractivity (Wildman–Crippen MR) is 90.1 cm³/mol. The molecule has 3 aromatic rings. The second-order valence-electron chi connectivity index (χ2n) is 5.38. The van der Waals surface area contributed by atoms with Crippen molar-refractivity contribution < 1.29 is 4.52 Å². The molecule has 2 aromatic heterocycles. The number of anilines is 1. The zero-order valence-corrected chi connectivity index (χ0v) is 14.0. The molecule has 1 N–H and O–H groups in total. The van der Waals surface area contributed by atoms with Crippen LogP contribution in [0.2, 0.25) is 5.02 Å². The second-order valence-corrected chi connectivity index (χ2v) is 5.75. The van der Waals surface area contributed by atoms with Crippen molar-refractivity contribution in [1.29, 1.82) is 0 Å². The van der Waals surface area contributed by atoms with Crippen LogP contribution in [0.5, 0.6) is 0 Å². The largest absolute Gasteiger partial charge is 0.373 e. The fourth-order valence-electron chi connectivity index (χ4n) is 2.20. The fraction of sp³-hybridized carbons (Fsp3) is 0.250. The summed E-state index contributed by atoms with van der Waals surface area (Å²) in [6.45, 7) is 1.85. The van der Waals surface area contributed by atoms with Crippen LogP contribution in [-0.4, -0.2) is 19.9 Å². The van der Waals surface area contributed by atoms with E-state index in [2.05, 4.69) is 20.6 Å². The highest BCUT2D eigenvalue weighted by Crippen LogP contribution is 2.21. The summed E-state index contributed by atoms with van der Waals surface area (Å²) >= 11 is 6.04. The lowest BCUT2D eigenvalue weighted by atomic mass is 10.1. The second kappa shape index (κ2) is 6.84. The van der Waals surface area contributed by atoms with Gasteiger partial charge in [-0.25, -0.2) is 4.68 Å². The molecular weight excluding hydrogens is 330 g/mol. The molecule has 3 rings (SSSR count). The van der Waals surface area contributed by atoms with E-state index in [0.717, 1.165) is 5.56 Å². The average molecular weight is 346 g/mol. The zero-order chi connectivity index (χ0) is 17.1. The molecule has 1 aromatic carbocycles. The van der Waals surface area contributed by atoms with Gasteiger partial charge in [-0.3, -0.25) is 4.79 Å². The summed E-state index contributed by atoms with van der Waals surface area (Å²) in [4.78, 5) is 16.2. The molecule has 0 bridgehead atoms. The van der Waals surface area contributed by atoms with Crippen molar-refractivity contribution in [3.63, 3.8) is 0 Å². The van der Waals surface area contributed by atoms with E-state index in [1.807, 2.05) is 37.3 Å². The maximum Gasteiger partial charge on any atom is 0.287 e. The average Bonchev–Trinajstić information content (AvgIpc) is 3.05. The molecule has 24 heavy (non-hydrogen) atoms. The van der Waals surface area contributed by atoms with Gasteiger partial charge in [-0.15, -0.1) is 0 Å². The molecule has 0 spiro atoms. The Morgan fingerprint density at radius 1 is 1.33 bits per heavy atom. The first-order valence-corrected chi connectivity index (χ1v) is 7.77. The lowest BCUT2D eigenvalue weighted by Gasteiger charge is -2.12. The Labute approximate surface area is 143 Å². The van der Waals surface area contributed by atoms with E-state index >= 15 is 0 Å². The van der Waals surface area contributed by atoms with Crippen molar-refractivity contribution in [2.24, 2.45) is 7.05 Å². The Hall–Kier alpha value is -2.67. The van der Waals surface area contributed by atoms with Gasteiger partial charge in [-0.2, -0.15) is 10.1 Å². The molecule has 0 aliphatic rings. The van der Waals surface area contributed by atoms with Crippen molar-refractivity contribution in [2.75, 3.05) is 5.32 Å². The Morgan fingerprint density at radius 2 is 2.08 bits per heavy atom. The summed E-state index contributed by atoms with van der Waals surface area (Å²) < 4.78 is 6.46. The minimum atomic E-state index is -0.369. The van der Waals surface area contributed by atoms with Crippen LogP contribution >= 0.6 is 11.6 Å². The molecule has 8 heteroatoms. The van der Waals surface area contributed by atoms with E-state index in [1.54, 1.807) is 0 Å². The molecule has 0 radical (unpaired) electrons. The highest BCUT2D eigenvalue weighted by molar-refractivity contribution is 6.32. The summed E-state index contributed by atoms with van der Waals surface area (Å²) in [5, 5.41) is 11.1. The summed E-state index contributed by atoms with van der Waals surface area (Å²) in [7, 11) is 1.54. The SMILES string of the molecule is C[C@H](Nc1cnn(C)c(=O)c1Cl)c1noc(Cc2ccccc2)n1. The first kappa shape index (κ1) is 16.2. The Kier molecular flexibility index (Phi) is 4.61. The Bertz CT molecular complexity index is 891. The topological polar surface area (TPSA) is 85.8 Å². The van der Waals surface area contributed by atoms with Crippen molar-refractivity contribution >= 4 is 17.3 Å². The maximum atomic E-state index is 11.8. The monoisotopic (exact) mass is 345 g/mol. The van der Waals surface area contributed by atoms with Gasteiger partial charge in [0.1, 0.15) is 5.02 Å². The standard InChI is InChI=1S/C16H16ClN5O2/c1-10(19-12-9-18-22(2)16(23)14(12)17)15-20-13(24-21-15)8-11-6-4-3-5-7-11/h3-7,9-10,19H,8H2,1-2H3/t10-/m0/s1. The van der Waals surface area contributed by atoms with Gasteiger partial charge in [0.05, 0.1) is 24.3 Å². The van der Waals surface area contributed by atoms with Gasteiger partial charge in [0.25, 0.3) is 5.56 Å². The van der Waals surface area contributed by atoms with Crippen LogP contribution in [0.15, 0.2) is 45.8 Å². The van der Waals surface area contributed by atoms with Crippen LogP contribution in [0, 0.1) is 0 Å². The lowest BCUT2D eigenvalue weighted by Crippen LogP contribution is -2.21. The number of rotatable bonds is 5. The first-order chi connectivity index (χ1) is 11.5. The molecule has 0 unspecified atom stereocenters. The van der Waals surface area contributed by atoms with E-state index in [-0.39, 0.29) is 16.6 Å². The summed E-state index contributed by atoms with van der Waals surface area (Å²) in [6, 6.07) is 9.58. The summed E-state index contributed by atoms with van der Waals surface area (Å²) in [5.41, 5.74) is 1.15. The van der Waals surface area contributed by atoms with Gasteiger partial charge in [-0.1, -0.05) is 47.1 Å². The molecule has 0 aliphatic carbocycles. The van der Waals surface area contributed by atoms with Gasteiger partial charge in [0.15, 0.2) is 5.82 Å². The van der Waals surface area contributed by atoms with E-state index in [4.69, 9.17) is 16.1 Å². The Morgan fingerprint density at radius 3 is 2.83 bits per heavy atom. The fourth-order valence-corrected chi connectivity index (χ4v) is 2.42. The van der Waals surface area contributed by atoms with Crippen LogP contribution in [0.3, 0.4) is 0 Å². The van der Waals surface area contributed by atoms with Crippen LogP contribution in [0.25, 0.3) is 0 Å². The third-order valence-corrected chi connectivity index (χ3v) is 3.88. The molecule has 0 saturated heterocycles. The van der Waals surface area contributed by atoms with Crippen molar-refractivity contribution in [2.45, 2.75) is 19.4 Å². The van der Waals surface area contributed by atoms with Gasteiger partial charge < -0.3 is 9.84 Å². The van der Waals surface area contributed by atoms with Crippen molar-refractivity contribution in [1.82, 2.24) is 19.9 Å². The number of hydrogen-bond donors (Lipinski definition) is 1.